The predicted octanol–water partition coefficient (Wildman–Crippen LogP) is 3.74. The Labute approximate surface area is 135 Å². The molecule has 2 rings (SSSR count). The molecule has 114 valence electrons. The Balaban J connectivity index is 2.27. The molecule has 3 nitrogen and oxygen atoms in total. The van der Waals surface area contributed by atoms with Crippen LogP contribution in [0, 0.1) is 0 Å². The van der Waals surface area contributed by atoms with Crippen LogP contribution in [0.2, 0.25) is 0 Å². The molecular weight excluding hydrogens is 326 g/mol. The molecule has 6 heteroatoms. The van der Waals surface area contributed by atoms with Crippen molar-refractivity contribution in [3.63, 3.8) is 0 Å². The van der Waals surface area contributed by atoms with Crippen molar-refractivity contribution in [1.29, 1.82) is 0 Å². The third-order valence-electron chi connectivity index (χ3n) is 3.12. The zero-order valence-corrected chi connectivity index (χ0v) is 14.2. The van der Waals surface area contributed by atoms with E-state index in [0.29, 0.717) is 17.3 Å². The van der Waals surface area contributed by atoms with E-state index in [1.54, 1.807) is 6.07 Å². The van der Waals surface area contributed by atoms with E-state index < -0.39 is 10.0 Å². The molecule has 0 saturated carbocycles. The first kappa shape index (κ1) is 16.5. The van der Waals surface area contributed by atoms with Crippen LogP contribution in [-0.2, 0) is 23.0 Å². The average Bonchev–Trinajstić information content (AvgIpc) is 2.97. The molecule has 0 aliphatic rings. The maximum Gasteiger partial charge on any atom is 0.252 e. The Kier molecular flexibility index (Phi) is 5.81. The van der Waals surface area contributed by atoms with Gasteiger partial charge in [0, 0.05) is 23.8 Å². The van der Waals surface area contributed by atoms with Gasteiger partial charge in [0.25, 0.3) is 10.0 Å². The summed E-state index contributed by atoms with van der Waals surface area (Å²) in [6, 6.07) is 13.1. The zero-order chi connectivity index (χ0) is 15.3. The van der Waals surface area contributed by atoms with Crippen LogP contribution >= 0.6 is 22.9 Å². The highest BCUT2D eigenvalue weighted by Crippen LogP contribution is 2.26. The summed E-state index contributed by atoms with van der Waals surface area (Å²) in [6.45, 7) is 2.66. The molecule has 0 saturated heterocycles. The molecule has 0 aliphatic carbocycles. The van der Waals surface area contributed by atoms with Crippen LogP contribution in [0.3, 0.4) is 0 Å². The monoisotopic (exact) mass is 343 g/mol. The predicted molar refractivity (Wildman–Crippen MR) is 88.5 cm³/mol. The Morgan fingerprint density at radius 2 is 1.86 bits per heavy atom. The van der Waals surface area contributed by atoms with E-state index in [1.807, 2.05) is 43.3 Å². The van der Waals surface area contributed by atoms with Crippen molar-refractivity contribution in [2.24, 2.45) is 0 Å². The second kappa shape index (κ2) is 7.40. The molecule has 1 aromatic carbocycles. The summed E-state index contributed by atoms with van der Waals surface area (Å²) in [5.41, 5.74) is 0.957. The fourth-order valence-corrected chi connectivity index (χ4v) is 5.16. The molecule has 0 N–H and O–H groups in total. The normalized spacial score (nSPS) is 12.0. The van der Waals surface area contributed by atoms with E-state index in [0.717, 1.165) is 16.9 Å². The van der Waals surface area contributed by atoms with Crippen LogP contribution in [0.25, 0.3) is 0 Å². The summed E-state index contributed by atoms with van der Waals surface area (Å²) in [6.07, 6.45) is 0.842. The van der Waals surface area contributed by atoms with E-state index in [4.69, 9.17) is 11.6 Å². The minimum atomic E-state index is -3.48. The van der Waals surface area contributed by atoms with Gasteiger partial charge in [-0.25, -0.2) is 8.42 Å². The second-order valence-corrected chi connectivity index (χ2v) is 8.30. The van der Waals surface area contributed by atoms with Crippen molar-refractivity contribution in [3.8, 4) is 0 Å². The maximum atomic E-state index is 12.7. The highest BCUT2D eigenvalue weighted by atomic mass is 35.5. The van der Waals surface area contributed by atoms with Gasteiger partial charge in [-0.3, -0.25) is 0 Å². The number of benzene rings is 1. The topological polar surface area (TPSA) is 37.4 Å². The van der Waals surface area contributed by atoms with Crippen molar-refractivity contribution < 1.29 is 8.42 Å². The average molecular weight is 344 g/mol. The van der Waals surface area contributed by atoms with E-state index in [9.17, 15) is 8.42 Å². The Morgan fingerprint density at radius 3 is 2.43 bits per heavy atom. The molecule has 0 aliphatic heterocycles. The van der Waals surface area contributed by atoms with Gasteiger partial charge >= 0.3 is 0 Å². The lowest BCUT2D eigenvalue weighted by molar-refractivity contribution is 0.426. The van der Waals surface area contributed by atoms with E-state index in [-0.39, 0.29) is 5.88 Å². The molecule has 2 aromatic rings. The SMILES string of the molecule is CCc1ccc(S(=O)(=O)N(CCCl)Cc2ccccc2)s1. The highest BCUT2D eigenvalue weighted by Gasteiger charge is 2.25. The molecule has 0 atom stereocenters. The smallest absolute Gasteiger partial charge is 0.206 e. The van der Waals surface area contributed by atoms with Crippen LogP contribution in [0.4, 0.5) is 0 Å². The van der Waals surface area contributed by atoms with Gasteiger partial charge in [0.05, 0.1) is 0 Å². The van der Waals surface area contributed by atoms with Crippen molar-refractivity contribution >= 4 is 33.0 Å². The number of thiophene rings is 1. The largest absolute Gasteiger partial charge is 0.252 e. The quantitative estimate of drug-likeness (QED) is 0.718. The van der Waals surface area contributed by atoms with Crippen molar-refractivity contribution in [2.45, 2.75) is 24.1 Å². The molecular formula is C15H18ClNO2S2. The van der Waals surface area contributed by atoms with Gasteiger partial charge < -0.3 is 0 Å². The summed E-state index contributed by atoms with van der Waals surface area (Å²) in [4.78, 5) is 1.07. The number of nitrogens with zero attached hydrogens (tertiary/aromatic N) is 1. The van der Waals surface area contributed by atoms with Crippen molar-refractivity contribution in [2.75, 3.05) is 12.4 Å². The lowest BCUT2D eigenvalue weighted by Crippen LogP contribution is -2.31. The van der Waals surface area contributed by atoms with E-state index in [1.165, 1.54) is 15.6 Å². The summed E-state index contributed by atoms with van der Waals surface area (Å²) >= 11 is 7.12. The van der Waals surface area contributed by atoms with Gasteiger partial charge in [-0.15, -0.1) is 22.9 Å². The van der Waals surface area contributed by atoms with Crippen molar-refractivity contribution in [3.05, 3.63) is 52.9 Å². The van der Waals surface area contributed by atoms with Crippen LogP contribution in [-0.4, -0.2) is 25.1 Å². The van der Waals surface area contributed by atoms with Gasteiger partial charge in [-0.1, -0.05) is 37.3 Å². The molecule has 0 bridgehead atoms. The van der Waals surface area contributed by atoms with Crippen LogP contribution in [0.1, 0.15) is 17.4 Å². The molecule has 0 spiro atoms. The Hall–Kier alpha value is -0.880. The Bertz CT molecular complexity index is 668. The van der Waals surface area contributed by atoms with Crippen LogP contribution < -0.4 is 0 Å². The molecule has 0 radical (unpaired) electrons. The number of halogens is 1. The minimum absolute atomic E-state index is 0.276. The van der Waals surface area contributed by atoms with Gasteiger partial charge in [0.2, 0.25) is 0 Å². The number of sulfonamides is 1. The summed E-state index contributed by atoms with van der Waals surface area (Å²) in [5, 5.41) is 0. The minimum Gasteiger partial charge on any atom is -0.206 e. The number of rotatable bonds is 7. The first-order valence-corrected chi connectivity index (χ1v) is 9.55. The number of alkyl halides is 1. The number of aryl methyl sites for hydroxylation is 1. The van der Waals surface area contributed by atoms with Gasteiger partial charge in [0.1, 0.15) is 4.21 Å². The van der Waals surface area contributed by atoms with Gasteiger partial charge in [0.15, 0.2) is 0 Å². The maximum absolute atomic E-state index is 12.7. The lowest BCUT2D eigenvalue weighted by Gasteiger charge is -2.20. The fraction of sp³-hybridized carbons (Fsp3) is 0.333. The number of hydrogen-bond donors (Lipinski definition) is 0. The van der Waals surface area contributed by atoms with Crippen LogP contribution in [0.15, 0.2) is 46.7 Å². The number of hydrogen-bond acceptors (Lipinski definition) is 3. The van der Waals surface area contributed by atoms with E-state index >= 15 is 0 Å². The summed E-state index contributed by atoms with van der Waals surface area (Å²) < 4.78 is 27.3. The fourth-order valence-electron chi connectivity index (χ4n) is 1.98. The molecule has 0 unspecified atom stereocenters. The third-order valence-corrected chi connectivity index (χ3v) is 6.83. The molecule has 0 amide bonds. The molecule has 0 fully saturated rings. The van der Waals surface area contributed by atoms with Crippen LogP contribution in [0.5, 0.6) is 0 Å². The highest BCUT2D eigenvalue weighted by molar-refractivity contribution is 7.91. The van der Waals surface area contributed by atoms with Gasteiger partial charge in [-0.2, -0.15) is 4.31 Å². The summed E-state index contributed by atoms with van der Waals surface area (Å²) in [5.74, 6) is 0.276. The molecule has 1 aromatic heterocycles. The summed E-state index contributed by atoms with van der Waals surface area (Å²) in [7, 11) is -3.48. The standard InChI is InChI=1S/C15H18ClNO2S2/c1-2-14-8-9-15(20-14)21(18,19)17(11-10-16)12-13-6-4-3-5-7-13/h3-9H,2,10-12H2,1H3. The Morgan fingerprint density at radius 1 is 1.14 bits per heavy atom. The molecule has 1 heterocycles. The first-order valence-electron chi connectivity index (χ1n) is 6.76. The zero-order valence-electron chi connectivity index (χ0n) is 11.8. The molecule has 21 heavy (non-hydrogen) atoms. The third kappa shape index (κ3) is 4.07. The first-order chi connectivity index (χ1) is 10.1. The van der Waals surface area contributed by atoms with E-state index in [2.05, 4.69) is 0 Å². The second-order valence-electron chi connectivity index (χ2n) is 4.59. The lowest BCUT2D eigenvalue weighted by atomic mass is 10.2. The van der Waals surface area contributed by atoms with Crippen molar-refractivity contribution in [1.82, 2.24) is 4.31 Å². The van der Waals surface area contributed by atoms with Gasteiger partial charge in [-0.05, 0) is 24.1 Å².